The Kier molecular flexibility index (Phi) is 5.35. The lowest BCUT2D eigenvalue weighted by molar-refractivity contribution is -0.137. The second kappa shape index (κ2) is 6.55. The summed E-state index contributed by atoms with van der Waals surface area (Å²) in [7, 11) is 0. The molecule has 0 aromatic heterocycles. The molecule has 100 valence electrons. The van der Waals surface area contributed by atoms with E-state index >= 15 is 0 Å². The molecule has 1 rings (SSSR count). The lowest BCUT2D eigenvalue weighted by atomic mass is 9.92. The zero-order valence-corrected chi connectivity index (χ0v) is 11.4. The van der Waals surface area contributed by atoms with Gasteiger partial charge in [0.05, 0.1) is 0 Å². The highest BCUT2D eigenvalue weighted by molar-refractivity contribution is 5.66. The molecule has 1 aromatic rings. The molecule has 1 atom stereocenters. The molecule has 3 heteroatoms. The highest BCUT2D eigenvalue weighted by Gasteiger charge is 2.11. The summed E-state index contributed by atoms with van der Waals surface area (Å²) < 4.78 is 0. The van der Waals surface area contributed by atoms with Gasteiger partial charge in [0.15, 0.2) is 0 Å². The van der Waals surface area contributed by atoms with Crippen molar-refractivity contribution >= 4 is 5.97 Å². The molecular formula is C15H23NO2. The molecule has 0 saturated heterocycles. The van der Waals surface area contributed by atoms with Gasteiger partial charge in [-0.3, -0.25) is 4.79 Å². The number of rotatable bonds is 6. The highest BCUT2D eigenvalue weighted by Crippen LogP contribution is 2.25. The molecule has 0 fully saturated rings. The van der Waals surface area contributed by atoms with Gasteiger partial charge >= 0.3 is 5.97 Å². The fourth-order valence-corrected chi connectivity index (χ4v) is 2.05. The van der Waals surface area contributed by atoms with E-state index in [1.54, 1.807) is 0 Å². The number of carboxylic acids is 1. The molecule has 1 unspecified atom stereocenters. The lowest BCUT2D eigenvalue weighted by Gasteiger charge is -2.17. The summed E-state index contributed by atoms with van der Waals surface area (Å²) in [5.41, 5.74) is 9.77. The second-order valence-corrected chi connectivity index (χ2v) is 5.16. The van der Waals surface area contributed by atoms with Crippen molar-refractivity contribution in [2.75, 3.05) is 0 Å². The normalized spacial score (nSPS) is 12.7. The molecule has 3 nitrogen and oxygen atoms in total. The third kappa shape index (κ3) is 4.15. The Hall–Kier alpha value is -1.35. The fourth-order valence-electron chi connectivity index (χ4n) is 2.05. The number of hydrogen-bond donors (Lipinski definition) is 2. The van der Waals surface area contributed by atoms with Gasteiger partial charge in [-0.15, -0.1) is 0 Å². The minimum absolute atomic E-state index is 0.0666. The predicted octanol–water partition coefficient (Wildman–Crippen LogP) is 3.37. The second-order valence-electron chi connectivity index (χ2n) is 5.16. The van der Waals surface area contributed by atoms with E-state index in [0.29, 0.717) is 18.8 Å². The van der Waals surface area contributed by atoms with Gasteiger partial charge in [-0.2, -0.15) is 0 Å². The summed E-state index contributed by atoms with van der Waals surface area (Å²) in [5.74, 6) is -0.273. The summed E-state index contributed by atoms with van der Waals surface area (Å²) >= 11 is 0. The number of nitrogens with two attached hydrogens (primary N) is 1. The van der Waals surface area contributed by atoms with Crippen LogP contribution in [-0.4, -0.2) is 11.1 Å². The SMILES string of the molecule is Cc1ccc(C(C)C)cc1C(N)CCCC(=O)O. The van der Waals surface area contributed by atoms with Crippen LogP contribution in [0.15, 0.2) is 18.2 Å². The van der Waals surface area contributed by atoms with Gasteiger partial charge in [-0.25, -0.2) is 0 Å². The number of aliphatic carboxylic acids is 1. The van der Waals surface area contributed by atoms with Crippen LogP contribution in [0.25, 0.3) is 0 Å². The average molecular weight is 249 g/mol. The van der Waals surface area contributed by atoms with Crippen molar-refractivity contribution in [1.29, 1.82) is 0 Å². The maximum Gasteiger partial charge on any atom is 0.303 e. The van der Waals surface area contributed by atoms with Crippen molar-refractivity contribution in [3.63, 3.8) is 0 Å². The third-order valence-electron chi connectivity index (χ3n) is 3.28. The summed E-state index contributed by atoms with van der Waals surface area (Å²) in [6, 6.07) is 6.32. The van der Waals surface area contributed by atoms with E-state index in [9.17, 15) is 4.79 Å². The van der Waals surface area contributed by atoms with Crippen LogP contribution >= 0.6 is 0 Å². The van der Waals surface area contributed by atoms with Crippen LogP contribution in [0.3, 0.4) is 0 Å². The smallest absolute Gasteiger partial charge is 0.303 e. The summed E-state index contributed by atoms with van der Waals surface area (Å²) in [5, 5.41) is 8.63. The first kappa shape index (κ1) is 14.7. The Labute approximate surface area is 109 Å². The van der Waals surface area contributed by atoms with Gasteiger partial charge in [0, 0.05) is 12.5 Å². The van der Waals surface area contributed by atoms with Gasteiger partial charge in [-0.05, 0) is 42.4 Å². The Morgan fingerprint density at radius 2 is 2.06 bits per heavy atom. The van der Waals surface area contributed by atoms with Crippen molar-refractivity contribution in [2.24, 2.45) is 5.73 Å². The lowest BCUT2D eigenvalue weighted by Crippen LogP contribution is -2.13. The van der Waals surface area contributed by atoms with Crippen LogP contribution in [-0.2, 0) is 4.79 Å². The molecule has 1 aromatic carbocycles. The highest BCUT2D eigenvalue weighted by atomic mass is 16.4. The van der Waals surface area contributed by atoms with Crippen molar-refractivity contribution in [3.05, 3.63) is 34.9 Å². The number of carboxylic acid groups (broad SMARTS) is 1. The van der Waals surface area contributed by atoms with Crippen molar-refractivity contribution in [2.45, 2.75) is 52.0 Å². The van der Waals surface area contributed by atoms with Crippen molar-refractivity contribution < 1.29 is 9.90 Å². The maximum absolute atomic E-state index is 10.5. The Bertz CT molecular complexity index is 413. The predicted molar refractivity (Wildman–Crippen MR) is 73.7 cm³/mol. The Morgan fingerprint density at radius 1 is 1.39 bits per heavy atom. The molecule has 3 N–H and O–H groups in total. The zero-order valence-electron chi connectivity index (χ0n) is 11.4. The minimum Gasteiger partial charge on any atom is -0.481 e. The number of benzene rings is 1. The molecule has 0 aliphatic carbocycles. The van der Waals surface area contributed by atoms with Crippen molar-refractivity contribution in [1.82, 2.24) is 0 Å². The summed E-state index contributed by atoms with van der Waals surface area (Å²) in [6.45, 7) is 6.37. The van der Waals surface area contributed by atoms with Gasteiger partial charge in [-0.1, -0.05) is 32.0 Å². The van der Waals surface area contributed by atoms with E-state index in [0.717, 1.165) is 5.56 Å². The van der Waals surface area contributed by atoms with Crippen LogP contribution in [0.5, 0.6) is 0 Å². The monoisotopic (exact) mass is 249 g/mol. The van der Waals surface area contributed by atoms with E-state index < -0.39 is 5.97 Å². The molecule has 0 saturated carbocycles. The first-order chi connectivity index (χ1) is 8.41. The van der Waals surface area contributed by atoms with Crippen LogP contribution in [0, 0.1) is 6.92 Å². The van der Waals surface area contributed by atoms with Gasteiger partial charge in [0.25, 0.3) is 0 Å². The van der Waals surface area contributed by atoms with E-state index in [2.05, 4.69) is 39.0 Å². The molecule has 0 aliphatic heterocycles. The van der Waals surface area contributed by atoms with Crippen LogP contribution < -0.4 is 5.73 Å². The average Bonchev–Trinajstić information content (AvgIpc) is 2.28. The molecule has 0 bridgehead atoms. The van der Waals surface area contributed by atoms with E-state index in [1.807, 2.05) is 0 Å². The Morgan fingerprint density at radius 3 is 2.61 bits per heavy atom. The molecule has 18 heavy (non-hydrogen) atoms. The summed E-state index contributed by atoms with van der Waals surface area (Å²) in [4.78, 5) is 10.5. The fraction of sp³-hybridized carbons (Fsp3) is 0.533. The molecular weight excluding hydrogens is 226 g/mol. The number of hydrogen-bond acceptors (Lipinski definition) is 2. The first-order valence-corrected chi connectivity index (χ1v) is 6.49. The molecule has 0 spiro atoms. The topological polar surface area (TPSA) is 63.3 Å². The molecule has 0 radical (unpaired) electrons. The van der Waals surface area contributed by atoms with E-state index in [1.165, 1.54) is 11.1 Å². The van der Waals surface area contributed by atoms with Crippen LogP contribution in [0.4, 0.5) is 0 Å². The quantitative estimate of drug-likeness (QED) is 0.812. The maximum atomic E-state index is 10.5. The molecule has 0 amide bonds. The van der Waals surface area contributed by atoms with Crippen molar-refractivity contribution in [3.8, 4) is 0 Å². The molecule has 0 aliphatic rings. The summed E-state index contributed by atoms with van der Waals surface area (Å²) in [6.07, 6.45) is 1.53. The molecule has 0 heterocycles. The minimum atomic E-state index is -0.755. The van der Waals surface area contributed by atoms with E-state index in [-0.39, 0.29) is 12.5 Å². The van der Waals surface area contributed by atoms with E-state index in [4.69, 9.17) is 10.8 Å². The zero-order chi connectivity index (χ0) is 13.7. The van der Waals surface area contributed by atoms with Gasteiger partial charge < -0.3 is 10.8 Å². The third-order valence-corrected chi connectivity index (χ3v) is 3.28. The Balaban J connectivity index is 2.74. The van der Waals surface area contributed by atoms with Gasteiger partial charge in [0.1, 0.15) is 0 Å². The number of carbonyl (C=O) groups is 1. The first-order valence-electron chi connectivity index (χ1n) is 6.49. The largest absolute Gasteiger partial charge is 0.481 e. The van der Waals surface area contributed by atoms with Crippen LogP contribution in [0.1, 0.15) is 61.8 Å². The van der Waals surface area contributed by atoms with Gasteiger partial charge in [0.2, 0.25) is 0 Å². The van der Waals surface area contributed by atoms with Crippen LogP contribution in [0.2, 0.25) is 0 Å². The standard InChI is InChI=1S/C15H23NO2/c1-10(2)12-8-7-11(3)13(9-12)14(16)5-4-6-15(17)18/h7-10,14H,4-6,16H2,1-3H3,(H,17,18). The number of aryl methyl sites for hydroxylation is 1.